The quantitative estimate of drug-likeness (QED) is 0.266. The molecular formula is C27H23N3O6. The Bertz CT molecular complexity index is 1330. The number of carbonyl (C=O) groups excluding carboxylic acids is 3. The Balaban J connectivity index is 1.63. The molecule has 3 rings (SSSR count). The van der Waals surface area contributed by atoms with E-state index in [-0.39, 0.29) is 18.1 Å². The van der Waals surface area contributed by atoms with E-state index in [0.717, 1.165) is 0 Å². The van der Waals surface area contributed by atoms with Crippen LogP contribution in [0.4, 0.5) is 11.4 Å². The highest BCUT2D eigenvalue weighted by molar-refractivity contribution is 6.09. The maximum absolute atomic E-state index is 12.6. The number of anilines is 2. The zero-order valence-electron chi connectivity index (χ0n) is 19.6. The molecular weight excluding hydrogens is 462 g/mol. The fourth-order valence-corrected chi connectivity index (χ4v) is 3.10. The molecule has 182 valence electrons. The van der Waals surface area contributed by atoms with Crippen molar-refractivity contribution in [2.24, 2.45) is 0 Å². The molecule has 0 heterocycles. The predicted octanol–water partition coefficient (Wildman–Crippen LogP) is 4.04. The molecule has 0 aliphatic rings. The minimum atomic E-state index is -0.620. The molecule has 0 fully saturated rings. The summed E-state index contributed by atoms with van der Waals surface area (Å²) in [6.07, 6.45) is 1.40. The number of nitrogens with one attached hydrogen (secondary N) is 2. The van der Waals surface area contributed by atoms with Gasteiger partial charge in [-0.1, -0.05) is 24.3 Å². The average molecular weight is 485 g/mol. The number of carbonyl (C=O) groups is 3. The minimum absolute atomic E-state index is 0.141. The van der Waals surface area contributed by atoms with Crippen molar-refractivity contribution < 1.29 is 28.6 Å². The number of benzene rings is 3. The van der Waals surface area contributed by atoms with E-state index in [2.05, 4.69) is 15.4 Å². The molecule has 0 unspecified atom stereocenters. The molecule has 0 spiro atoms. The van der Waals surface area contributed by atoms with E-state index in [9.17, 15) is 19.6 Å². The van der Waals surface area contributed by atoms with Crippen LogP contribution in [0.5, 0.6) is 11.5 Å². The first-order valence-electron chi connectivity index (χ1n) is 10.7. The van der Waals surface area contributed by atoms with E-state index in [1.165, 1.54) is 44.6 Å². The maximum atomic E-state index is 12.6. The first kappa shape index (κ1) is 25.5. The van der Waals surface area contributed by atoms with Crippen LogP contribution >= 0.6 is 0 Å². The molecule has 0 aromatic heterocycles. The van der Waals surface area contributed by atoms with Crippen molar-refractivity contribution in [1.82, 2.24) is 0 Å². The topological polar surface area (TPSA) is 127 Å². The molecule has 0 atom stereocenters. The summed E-state index contributed by atoms with van der Waals surface area (Å²) in [6.45, 7) is -0.252. The molecule has 0 aliphatic heterocycles. The average Bonchev–Trinajstić information content (AvgIpc) is 2.91. The van der Waals surface area contributed by atoms with Gasteiger partial charge in [0.1, 0.15) is 23.1 Å². The number of hydrogen-bond acceptors (Lipinski definition) is 7. The summed E-state index contributed by atoms with van der Waals surface area (Å²) in [4.78, 5) is 36.4. The number of nitriles is 1. The minimum Gasteiger partial charge on any atom is -0.495 e. The van der Waals surface area contributed by atoms with E-state index in [4.69, 9.17) is 9.47 Å². The number of methoxy groups -OCH3 is 2. The largest absolute Gasteiger partial charge is 0.495 e. The van der Waals surface area contributed by atoms with Gasteiger partial charge >= 0.3 is 5.97 Å². The Labute approximate surface area is 207 Å². The van der Waals surface area contributed by atoms with Gasteiger partial charge in [0.2, 0.25) is 0 Å². The van der Waals surface area contributed by atoms with Gasteiger partial charge in [-0.05, 0) is 60.2 Å². The fourth-order valence-electron chi connectivity index (χ4n) is 3.10. The summed E-state index contributed by atoms with van der Waals surface area (Å²) >= 11 is 0. The van der Waals surface area contributed by atoms with Crippen LogP contribution in [0.2, 0.25) is 0 Å². The van der Waals surface area contributed by atoms with Gasteiger partial charge in [0.25, 0.3) is 11.8 Å². The van der Waals surface area contributed by atoms with Crippen LogP contribution in [0.25, 0.3) is 6.08 Å². The van der Waals surface area contributed by atoms with E-state index < -0.39 is 11.9 Å². The second-order valence-electron chi connectivity index (χ2n) is 7.30. The van der Waals surface area contributed by atoms with Gasteiger partial charge in [-0.15, -0.1) is 0 Å². The van der Waals surface area contributed by atoms with Crippen molar-refractivity contribution in [3.8, 4) is 17.6 Å². The molecule has 0 aliphatic carbocycles. The summed E-state index contributed by atoms with van der Waals surface area (Å²) in [5.41, 5.74) is 1.66. The van der Waals surface area contributed by atoms with Crippen LogP contribution in [-0.4, -0.2) is 38.6 Å². The Morgan fingerprint density at radius 3 is 2.39 bits per heavy atom. The second-order valence-corrected chi connectivity index (χ2v) is 7.30. The lowest BCUT2D eigenvalue weighted by molar-refractivity contribution is -0.118. The molecule has 3 aromatic carbocycles. The van der Waals surface area contributed by atoms with E-state index in [0.29, 0.717) is 34.0 Å². The first-order valence-corrected chi connectivity index (χ1v) is 10.7. The van der Waals surface area contributed by atoms with Crippen molar-refractivity contribution in [3.05, 3.63) is 89.5 Å². The van der Waals surface area contributed by atoms with Crippen molar-refractivity contribution in [1.29, 1.82) is 5.26 Å². The normalized spacial score (nSPS) is 10.5. The third-order valence-electron chi connectivity index (χ3n) is 4.85. The summed E-state index contributed by atoms with van der Waals surface area (Å²) < 4.78 is 15.4. The molecule has 2 N–H and O–H groups in total. The summed E-state index contributed by atoms with van der Waals surface area (Å²) in [5, 5.41) is 14.8. The molecule has 0 saturated carbocycles. The molecule has 2 amide bonds. The standard InChI is InChI=1S/C27H23N3O6/c1-34-24-9-4-3-8-23(24)30-25(31)17-36-22-7-5-6-18(15-22)14-20(16-28)26(32)29-21-12-10-19(11-13-21)27(33)35-2/h3-15H,17H2,1-2H3,(H,29,32)(H,30,31)/b20-14-. The molecule has 0 saturated heterocycles. The maximum Gasteiger partial charge on any atom is 0.337 e. The zero-order valence-corrected chi connectivity index (χ0v) is 19.6. The highest BCUT2D eigenvalue weighted by Gasteiger charge is 2.12. The molecule has 3 aromatic rings. The zero-order chi connectivity index (χ0) is 25.9. The monoisotopic (exact) mass is 485 g/mol. The van der Waals surface area contributed by atoms with Crippen LogP contribution in [-0.2, 0) is 14.3 Å². The lowest BCUT2D eigenvalue weighted by atomic mass is 10.1. The molecule has 9 nitrogen and oxygen atoms in total. The molecule has 9 heteroatoms. The van der Waals surface area contributed by atoms with Crippen molar-refractivity contribution in [3.63, 3.8) is 0 Å². The van der Waals surface area contributed by atoms with Crippen molar-refractivity contribution in [2.75, 3.05) is 31.5 Å². The smallest absolute Gasteiger partial charge is 0.337 e. The third kappa shape index (κ3) is 6.95. The van der Waals surface area contributed by atoms with Crippen molar-refractivity contribution in [2.45, 2.75) is 0 Å². The predicted molar refractivity (Wildman–Crippen MR) is 134 cm³/mol. The van der Waals surface area contributed by atoms with Crippen LogP contribution < -0.4 is 20.1 Å². The number of hydrogen-bond donors (Lipinski definition) is 2. The first-order chi connectivity index (χ1) is 17.4. The fraction of sp³-hybridized carbons (Fsp3) is 0.111. The van der Waals surface area contributed by atoms with Gasteiger partial charge in [0.05, 0.1) is 25.5 Å². The van der Waals surface area contributed by atoms with Gasteiger partial charge < -0.3 is 24.8 Å². The number of nitrogens with zero attached hydrogens (tertiary/aromatic N) is 1. The number of amides is 2. The highest BCUT2D eigenvalue weighted by Crippen LogP contribution is 2.23. The summed E-state index contributed by atoms with van der Waals surface area (Å²) in [7, 11) is 2.79. The Morgan fingerprint density at radius 1 is 0.944 bits per heavy atom. The van der Waals surface area contributed by atoms with Gasteiger partial charge in [0, 0.05) is 5.69 Å². The van der Waals surface area contributed by atoms with Crippen LogP contribution in [0.1, 0.15) is 15.9 Å². The van der Waals surface area contributed by atoms with E-state index >= 15 is 0 Å². The van der Waals surface area contributed by atoms with Gasteiger partial charge in [-0.2, -0.15) is 5.26 Å². The lowest BCUT2D eigenvalue weighted by Crippen LogP contribution is -2.20. The summed E-state index contributed by atoms with van der Waals surface area (Å²) in [6, 6.07) is 21.6. The van der Waals surface area contributed by atoms with Crippen LogP contribution in [0.15, 0.2) is 78.4 Å². The van der Waals surface area contributed by atoms with Gasteiger partial charge in [-0.3, -0.25) is 9.59 Å². The van der Waals surface area contributed by atoms with Crippen molar-refractivity contribution >= 4 is 35.2 Å². The second kappa shape index (κ2) is 12.4. The Hall–Kier alpha value is -5.10. The Kier molecular flexibility index (Phi) is 8.78. The van der Waals surface area contributed by atoms with E-state index in [1.807, 2.05) is 6.07 Å². The molecule has 36 heavy (non-hydrogen) atoms. The number of esters is 1. The number of ether oxygens (including phenoxy) is 3. The molecule has 0 radical (unpaired) electrons. The lowest BCUT2D eigenvalue weighted by Gasteiger charge is -2.11. The van der Waals surface area contributed by atoms with Crippen LogP contribution in [0.3, 0.4) is 0 Å². The van der Waals surface area contributed by atoms with Crippen LogP contribution in [0, 0.1) is 11.3 Å². The van der Waals surface area contributed by atoms with Gasteiger partial charge in [0.15, 0.2) is 6.61 Å². The SMILES string of the molecule is COC(=O)c1ccc(NC(=O)/C(C#N)=C\c2cccc(OCC(=O)Nc3ccccc3OC)c2)cc1. The summed E-state index contributed by atoms with van der Waals surface area (Å²) in [5.74, 6) is -0.582. The van der Waals surface area contributed by atoms with Gasteiger partial charge in [-0.25, -0.2) is 4.79 Å². The highest BCUT2D eigenvalue weighted by atomic mass is 16.5. The molecule has 0 bridgehead atoms. The number of para-hydroxylation sites is 2. The third-order valence-corrected chi connectivity index (χ3v) is 4.85. The Morgan fingerprint density at radius 2 is 1.69 bits per heavy atom. The number of rotatable bonds is 9. The van der Waals surface area contributed by atoms with E-state index in [1.54, 1.807) is 48.5 Å².